The molecule has 5 heteroatoms. The van der Waals surface area contributed by atoms with Gasteiger partial charge in [-0.25, -0.2) is 0 Å². The normalized spacial score (nSPS) is 15.3. The molecule has 2 rings (SSSR count). The second kappa shape index (κ2) is 7.11. The standard InChI is InChI=1S/C16H23N3O2/c1-3-7-17-13-4-5-14(12(2)11-13)16(21)19-9-6-15(20)18-8-10-19/h4-5,11,17H,3,6-10H2,1-2H3,(H,18,20). The summed E-state index contributed by atoms with van der Waals surface area (Å²) in [4.78, 5) is 25.7. The van der Waals surface area contributed by atoms with Crippen molar-refractivity contribution in [3.8, 4) is 0 Å². The third kappa shape index (κ3) is 3.97. The van der Waals surface area contributed by atoms with Gasteiger partial charge in [-0.1, -0.05) is 6.92 Å². The molecule has 114 valence electrons. The van der Waals surface area contributed by atoms with Crippen LogP contribution in [0.2, 0.25) is 0 Å². The maximum atomic E-state index is 12.6. The second-order valence-electron chi connectivity index (χ2n) is 5.35. The third-order valence-corrected chi connectivity index (χ3v) is 3.64. The van der Waals surface area contributed by atoms with Gasteiger partial charge >= 0.3 is 0 Å². The fraction of sp³-hybridized carbons (Fsp3) is 0.500. The van der Waals surface area contributed by atoms with Crippen molar-refractivity contribution in [1.82, 2.24) is 10.2 Å². The molecular weight excluding hydrogens is 266 g/mol. The van der Waals surface area contributed by atoms with Crippen LogP contribution in [0.3, 0.4) is 0 Å². The van der Waals surface area contributed by atoms with Crippen LogP contribution in [0.5, 0.6) is 0 Å². The number of carbonyl (C=O) groups is 2. The number of anilines is 1. The first kappa shape index (κ1) is 15.4. The lowest BCUT2D eigenvalue weighted by molar-refractivity contribution is -0.120. The van der Waals surface area contributed by atoms with Crippen LogP contribution in [0.4, 0.5) is 5.69 Å². The Kier molecular flexibility index (Phi) is 5.20. The van der Waals surface area contributed by atoms with Gasteiger partial charge in [0.1, 0.15) is 0 Å². The lowest BCUT2D eigenvalue weighted by atomic mass is 10.1. The van der Waals surface area contributed by atoms with Crippen LogP contribution in [0, 0.1) is 6.92 Å². The van der Waals surface area contributed by atoms with Crippen molar-refractivity contribution in [3.63, 3.8) is 0 Å². The topological polar surface area (TPSA) is 61.4 Å². The van der Waals surface area contributed by atoms with E-state index in [1.165, 1.54) is 0 Å². The van der Waals surface area contributed by atoms with E-state index in [0.717, 1.165) is 24.2 Å². The average molecular weight is 289 g/mol. The second-order valence-corrected chi connectivity index (χ2v) is 5.35. The van der Waals surface area contributed by atoms with Gasteiger partial charge in [-0.2, -0.15) is 0 Å². The van der Waals surface area contributed by atoms with Crippen molar-refractivity contribution in [3.05, 3.63) is 29.3 Å². The summed E-state index contributed by atoms with van der Waals surface area (Å²) in [5.74, 6) is 0.0205. The largest absolute Gasteiger partial charge is 0.385 e. The van der Waals surface area contributed by atoms with E-state index in [9.17, 15) is 9.59 Å². The van der Waals surface area contributed by atoms with Crippen molar-refractivity contribution in [2.45, 2.75) is 26.7 Å². The lowest BCUT2D eigenvalue weighted by Crippen LogP contribution is -2.34. The van der Waals surface area contributed by atoms with Gasteiger partial charge in [-0.15, -0.1) is 0 Å². The number of rotatable bonds is 4. The van der Waals surface area contributed by atoms with E-state index >= 15 is 0 Å². The highest BCUT2D eigenvalue weighted by atomic mass is 16.2. The van der Waals surface area contributed by atoms with Crippen LogP contribution in [0.15, 0.2) is 18.2 Å². The number of aryl methyl sites for hydroxylation is 1. The zero-order valence-corrected chi connectivity index (χ0v) is 12.7. The Balaban J connectivity index is 2.09. The highest BCUT2D eigenvalue weighted by Gasteiger charge is 2.20. The van der Waals surface area contributed by atoms with E-state index in [0.29, 0.717) is 31.6 Å². The van der Waals surface area contributed by atoms with E-state index < -0.39 is 0 Å². The molecule has 1 aromatic carbocycles. The van der Waals surface area contributed by atoms with E-state index in [1.807, 2.05) is 25.1 Å². The minimum atomic E-state index is 0.00559. The Morgan fingerprint density at radius 3 is 2.90 bits per heavy atom. The number of nitrogens with one attached hydrogen (secondary N) is 2. The van der Waals surface area contributed by atoms with Crippen LogP contribution < -0.4 is 10.6 Å². The first-order valence-corrected chi connectivity index (χ1v) is 7.52. The van der Waals surface area contributed by atoms with Crippen LogP contribution in [-0.2, 0) is 4.79 Å². The van der Waals surface area contributed by atoms with Gasteiger partial charge in [0, 0.05) is 43.9 Å². The molecule has 0 aromatic heterocycles. The van der Waals surface area contributed by atoms with Gasteiger partial charge in [0.2, 0.25) is 5.91 Å². The van der Waals surface area contributed by atoms with E-state index in [-0.39, 0.29) is 11.8 Å². The summed E-state index contributed by atoms with van der Waals surface area (Å²) >= 11 is 0. The van der Waals surface area contributed by atoms with Crippen molar-refractivity contribution >= 4 is 17.5 Å². The summed E-state index contributed by atoms with van der Waals surface area (Å²) in [6.45, 7) is 6.57. The summed E-state index contributed by atoms with van der Waals surface area (Å²) in [5, 5.41) is 6.10. The maximum Gasteiger partial charge on any atom is 0.254 e. The molecule has 2 amide bonds. The number of hydrogen-bond donors (Lipinski definition) is 2. The molecule has 1 heterocycles. The summed E-state index contributed by atoms with van der Waals surface area (Å²) in [6.07, 6.45) is 1.44. The molecular formula is C16H23N3O2. The van der Waals surface area contributed by atoms with E-state index in [1.54, 1.807) is 4.90 Å². The minimum Gasteiger partial charge on any atom is -0.385 e. The molecule has 1 aliphatic heterocycles. The number of amides is 2. The van der Waals surface area contributed by atoms with Crippen LogP contribution >= 0.6 is 0 Å². The molecule has 0 unspecified atom stereocenters. The average Bonchev–Trinajstić information content (AvgIpc) is 2.69. The molecule has 0 radical (unpaired) electrons. The first-order chi connectivity index (χ1) is 10.1. The van der Waals surface area contributed by atoms with Crippen molar-refractivity contribution in [1.29, 1.82) is 0 Å². The molecule has 0 bridgehead atoms. The Labute approximate surface area is 125 Å². The number of nitrogens with zero attached hydrogens (tertiary/aromatic N) is 1. The van der Waals surface area contributed by atoms with Gasteiger partial charge in [0.25, 0.3) is 5.91 Å². The van der Waals surface area contributed by atoms with Crippen molar-refractivity contribution in [2.24, 2.45) is 0 Å². The fourth-order valence-corrected chi connectivity index (χ4v) is 2.42. The van der Waals surface area contributed by atoms with E-state index in [2.05, 4.69) is 17.6 Å². The molecule has 5 nitrogen and oxygen atoms in total. The van der Waals surface area contributed by atoms with Crippen LogP contribution in [0.1, 0.15) is 35.7 Å². The number of benzene rings is 1. The monoisotopic (exact) mass is 289 g/mol. The molecule has 21 heavy (non-hydrogen) atoms. The fourth-order valence-electron chi connectivity index (χ4n) is 2.42. The zero-order chi connectivity index (χ0) is 15.2. The lowest BCUT2D eigenvalue weighted by Gasteiger charge is -2.21. The molecule has 1 aromatic rings. The highest BCUT2D eigenvalue weighted by Crippen LogP contribution is 2.17. The molecule has 1 fully saturated rings. The number of carbonyl (C=O) groups excluding carboxylic acids is 2. The summed E-state index contributed by atoms with van der Waals surface area (Å²) in [6, 6.07) is 5.82. The van der Waals surface area contributed by atoms with Crippen molar-refractivity contribution < 1.29 is 9.59 Å². The van der Waals surface area contributed by atoms with Crippen LogP contribution in [-0.4, -0.2) is 42.9 Å². The first-order valence-electron chi connectivity index (χ1n) is 7.52. The summed E-state index contributed by atoms with van der Waals surface area (Å²) in [5.41, 5.74) is 2.72. The van der Waals surface area contributed by atoms with Crippen molar-refractivity contribution in [2.75, 3.05) is 31.5 Å². The Morgan fingerprint density at radius 2 is 2.19 bits per heavy atom. The zero-order valence-electron chi connectivity index (χ0n) is 12.7. The van der Waals surface area contributed by atoms with Gasteiger partial charge < -0.3 is 15.5 Å². The summed E-state index contributed by atoms with van der Waals surface area (Å²) < 4.78 is 0. The predicted octanol–water partition coefficient (Wildman–Crippen LogP) is 1.78. The molecule has 0 spiro atoms. The third-order valence-electron chi connectivity index (χ3n) is 3.64. The molecule has 0 aliphatic carbocycles. The number of hydrogen-bond acceptors (Lipinski definition) is 3. The minimum absolute atomic E-state index is 0.00559. The van der Waals surface area contributed by atoms with Gasteiger partial charge in [0.15, 0.2) is 0 Å². The smallest absolute Gasteiger partial charge is 0.254 e. The van der Waals surface area contributed by atoms with E-state index in [4.69, 9.17) is 0 Å². The molecule has 0 atom stereocenters. The Morgan fingerprint density at radius 1 is 1.38 bits per heavy atom. The van der Waals surface area contributed by atoms with Crippen LogP contribution in [0.25, 0.3) is 0 Å². The molecule has 2 N–H and O–H groups in total. The Bertz CT molecular complexity index is 528. The molecule has 0 saturated carbocycles. The predicted molar refractivity (Wildman–Crippen MR) is 83.5 cm³/mol. The Hall–Kier alpha value is -2.04. The molecule has 1 saturated heterocycles. The maximum absolute atomic E-state index is 12.6. The molecule has 1 aliphatic rings. The highest BCUT2D eigenvalue weighted by molar-refractivity contribution is 5.96. The quantitative estimate of drug-likeness (QED) is 0.888. The van der Waals surface area contributed by atoms with Gasteiger partial charge in [0.05, 0.1) is 0 Å². The van der Waals surface area contributed by atoms with Gasteiger partial charge in [-0.3, -0.25) is 9.59 Å². The van der Waals surface area contributed by atoms with Gasteiger partial charge in [-0.05, 0) is 37.1 Å². The SMILES string of the molecule is CCCNc1ccc(C(=O)N2CCNC(=O)CC2)c(C)c1. The summed E-state index contributed by atoms with van der Waals surface area (Å²) in [7, 11) is 0.